The molecule has 134 valence electrons. The number of nitro groups is 1. The first-order valence-corrected chi connectivity index (χ1v) is 8.42. The molecule has 0 unspecified atom stereocenters. The number of aromatic nitrogens is 1. The second kappa shape index (κ2) is 6.64. The Hall–Kier alpha value is -3.13. The van der Waals surface area contributed by atoms with Crippen molar-refractivity contribution in [3.05, 3.63) is 69.2 Å². The monoisotopic (exact) mass is 354 g/mol. The van der Waals surface area contributed by atoms with Crippen LogP contribution in [0, 0.1) is 10.1 Å². The van der Waals surface area contributed by atoms with Crippen molar-refractivity contribution in [3.8, 4) is 0 Å². The summed E-state index contributed by atoms with van der Waals surface area (Å²) >= 11 is 0. The molecule has 0 amide bonds. The fourth-order valence-electron chi connectivity index (χ4n) is 3.28. The number of nitro benzene ring substituents is 1. The van der Waals surface area contributed by atoms with Crippen molar-refractivity contribution in [2.75, 3.05) is 31.1 Å². The predicted octanol–water partition coefficient (Wildman–Crippen LogP) is 2.28. The fraction of sp³-hybridized carbons (Fsp3) is 0.278. The van der Waals surface area contributed by atoms with Gasteiger partial charge >= 0.3 is 5.76 Å². The lowest BCUT2D eigenvalue weighted by Gasteiger charge is -2.35. The zero-order valence-corrected chi connectivity index (χ0v) is 14.1. The van der Waals surface area contributed by atoms with Crippen LogP contribution >= 0.6 is 0 Å². The Labute approximate surface area is 149 Å². The van der Waals surface area contributed by atoms with E-state index >= 15 is 0 Å². The van der Waals surface area contributed by atoms with E-state index in [0.29, 0.717) is 12.3 Å². The number of non-ortho nitro benzene ring substituents is 1. The summed E-state index contributed by atoms with van der Waals surface area (Å²) in [7, 11) is 0. The maximum Gasteiger partial charge on any atom is 0.421 e. The second-order valence-corrected chi connectivity index (χ2v) is 6.28. The minimum Gasteiger partial charge on any atom is -0.408 e. The first-order valence-electron chi connectivity index (χ1n) is 8.42. The number of para-hydroxylation sites is 2. The maximum absolute atomic E-state index is 12.1. The minimum absolute atomic E-state index is 0.0959. The van der Waals surface area contributed by atoms with Crippen LogP contribution in [0.3, 0.4) is 0 Å². The van der Waals surface area contributed by atoms with Crippen LogP contribution in [0.5, 0.6) is 0 Å². The van der Waals surface area contributed by atoms with Gasteiger partial charge in [0.05, 0.1) is 17.1 Å². The van der Waals surface area contributed by atoms with Gasteiger partial charge in [-0.15, -0.1) is 0 Å². The molecule has 0 spiro atoms. The number of hydrogen-bond donors (Lipinski definition) is 0. The van der Waals surface area contributed by atoms with Crippen molar-refractivity contribution >= 4 is 22.5 Å². The van der Waals surface area contributed by atoms with Crippen LogP contribution in [-0.2, 0) is 6.67 Å². The van der Waals surface area contributed by atoms with Crippen LogP contribution in [-0.4, -0.2) is 40.6 Å². The summed E-state index contributed by atoms with van der Waals surface area (Å²) in [6.07, 6.45) is 0. The Kier molecular flexibility index (Phi) is 4.18. The van der Waals surface area contributed by atoms with Crippen LogP contribution in [0.15, 0.2) is 57.7 Å². The van der Waals surface area contributed by atoms with Gasteiger partial charge in [0.25, 0.3) is 5.69 Å². The summed E-state index contributed by atoms with van der Waals surface area (Å²) in [6, 6.07) is 14.0. The van der Waals surface area contributed by atoms with E-state index in [-0.39, 0.29) is 11.4 Å². The molecule has 1 fully saturated rings. The molecule has 2 heterocycles. The molecule has 2 aromatic carbocycles. The molecule has 0 aliphatic carbocycles. The molecule has 0 bridgehead atoms. The smallest absolute Gasteiger partial charge is 0.408 e. The highest BCUT2D eigenvalue weighted by molar-refractivity contribution is 5.72. The quantitative estimate of drug-likeness (QED) is 0.528. The van der Waals surface area contributed by atoms with E-state index in [1.807, 2.05) is 18.2 Å². The van der Waals surface area contributed by atoms with Gasteiger partial charge < -0.3 is 9.32 Å². The van der Waals surface area contributed by atoms with Gasteiger partial charge in [0, 0.05) is 44.0 Å². The lowest BCUT2D eigenvalue weighted by molar-refractivity contribution is -0.384. The van der Waals surface area contributed by atoms with E-state index in [2.05, 4.69) is 9.80 Å². The van der Waals surface area contributed by atoms with Crippen LogP contribution in [0.1, 0.15) is 0 Å². The lowest BCUT2D eigenvalue weighted by atomic mass is 10.2. The van der Waals surface area contributed by atoms with Crippen LogP contribution in [0.2, 0.25) is 0 Å². The third-order valence-corrected chi connectivity index (χ3v) is 4.71. The summed E-state index contributed by atoms with van der Waals surface area (Å²) in [6.45, 7) is 3.67. The zero-order chi connectivity index (χ0) is 18.1. The van der Waals surface area contributed by atoms with Gasteiger partial charge in [-0.1, -0.05) is 12.1 Å². The molecule has 0 radical (unpaired) electrons. The molecule has 8 nitrogen and oxygen atoms in total. The summed E-state index contributed by atoms with van der Waals surface area (Å²) in [4.78, 5) is 26.8. The third-order valence-electron chi connectivity index (χ3n) is 4.71. The predicted molar refractivity (Wildman–Crippen MR) is 97.4 cm³/mol. The van der Waals surface area contributed by atoms with Crippen LogP contribution in [0.25, 0.3) is 11.1 Å². The molecule has 0 saturated carbocycles. The molecule has 26 heavy (non-hydrogen) atoms. The van der Waals surface area contributed by atoms with Gasteiger partial charge in [-0.25, -0.2) is 4.79 Å². The molecular formula is C18H18N4O4. The normalized spacial score (nSPS) is 15.5. The van der Waals surface area contributed by atoms with Gasteiger partial charge in [-0.2, -0.15) is 0 Å². The fourth-order valence-corrected chi connectivity index (χ4v) is 3.28. The Morgan fingerprint density at radius 2 is 1.69 bits per heavy atom. The van der Waals surface area contributed by atoms with Crippen molar-refractivity contribution in [3.63, 3.8) is 0 Å². The van der Waals surface area contributed by atoms with E-state index < -0.39 is 4.92 Å². The van der Waals surface area contributed by atoms with Crippen molar-refractivity contribution in [2.24, 2.45) is 0 Å². The van der Waals surface area contributed by atoms with Gasteiger partial charge in [0.15, 0.2) is 5.58 Å². The minimum atomic E-state index is -0.394. The third kappa shape index (κ3) is 3.06. The first-order chi connectivity index (χ1) is 12.6. The number of nitrogens with zero attached hydrogens (tertiary/aromatic N) is 4. The zero-order valence-electron chi connectivity index (χ0n) is 14.1. The molecule has 3 aromatic rings. The van der Waals surface area contributed by atoms with Gasteiger partial charge in [-0.3, -0.25) is 19.6 Å². The molecule has 0 atom stereocenters. The molecular weight excluding hydrogens is 336 g/mol. The largest absolute Gasteiger partial charge is 0.421 e. The number of fused-ring (bicyclic) bond motifs is 1. The Bertz CT molecular complexity index is 984. The van der Waals surface area contributed by atoms with Crippen LogP contribution in [0.4, 0.5) is 11.4 Å². The second-order valence-electron chi connectivity index (χ2n) is 6.28. The SMILES string of the molecule is O=c1oc2ccccc2n1CN1CCN(c2ccc([N+](=O)[O-])cc2)CC1. The van der Waals surface area contributed by atoms with E-state index in [9.17, 15) is 14.9 Å². The number of hydrogen-bond acceptors (Lipinski definition) is 6. The molecule has 1 aliphatic heterocycles. The Morgan fingerprint density at radius 1 is 1.00 bits per heavy atom. The number of rotatable bonds is 4. The molecule has 4 rings (SSSR count). The first kappa shape index (κ1) is 16.3. The van der Waals surface area contributed by atoms with Crippen molar-refractivity contribution < 1.29 is 9.34 Å². The molecule has 1 aromatic heterocycles. The highest BCUT2D eigenvalue weighted by atomic mass is 16.6. The standard InChI is InChI=1S/C18H18N4O4/c23-18-21(16-3-1-2-4-17(16)26-18)13-19-9-11-20(12-10-19)14-5-7-15(8-6-14)22(24)25/h1-8H,9-13H2. The number of piperazine rings is 1. The Morgan fingerprint density at radius 3 is 2.38 bits per heavy atom. The van der Waals surface area contributed by atoms with E-state index in [0.717, 1.165) is 37.4 Å². The molecule has 8 heteroatoms. The average molecular weight is 354 g/mol. The summed E-state index contributed by atoms with van der Waals surface area (Å²) in [5.41, 5.74) is 2.47. The van der Waals surface area contributed by atoms with Gasteiger partial charge in [0.1, 0.15) is 0 Å². The summed E-state index contributed by atoms with van der Waals surface area (Å²) in [5.74, 6) is -0.344. The maximum atomic E-state index is 12.1. The van der Waals surface area contributed by atoms with Gasteiger partial charge in [-0.05, 0) is 24.3 Å². The topological polar surface area (TPSA) is 84.8 Å². The highest BCUT2D eigenvalue weighted by Gasteiger charge is 2.20. The van der Waals surface area contributed by atoms with Crippen molar-refractivity contribution in [1.29, 1.82) is 0 Å². The molecule has 0 N–H and O–H groups in total. The molecule has 1 saturated heterocycles. The van der Waals surface area contributed by atoms with Crippen molar-refractivity contribution in [1.82, 2.24) is 9.47 Å². The lowest BCUT2D eigenvalue weighted by Crippen LogP contribution is -2.47. The van der Waals surface area contributed by atoms with E-state index in [1.54, 1.807) is 22.8 Å². The Balaban J connectivity index is 1.42. The summed E-state index contributed by atoms with van der Waals surface area (Å²) in [5, 5.41) is 10.8. The number of anilines is 1. The highest BCUT2D eigenvalue weighted by Crippen LogP contribution is 2.21. The molecule has 1 aliphatic rings. The average Bonchev–Trinajstić information content (AvgIpc) is 2.98. The van der Waals surface area contributed by atoms with E-state index in [1.165, 1.54) is 12.1 Å². The van der Waals surface area contributed by atoms with Crippen molar-refractivity contribution in [2.45, 2.75) is 6.67 Å². The summed E-state index contributed by atoms with van der Waals surface area (Å²) < 4.78 is 6.93. The van der Waals surface area contributed by atoms with Gasteiger partial charge in [0.2, 0.25) is 0 Å². The number of benzene rings is 2. The van der Waals surface area contributed by atoms with Crippen LogP contribution < -0.4 is 10.7 Å². The van der Waals surface area contributed by atoms with E-state index in [4.69, 9.17) is 4.42 Å². The number of oxazole rings is 1.